The molecule has 2 aromatic rings. The van der Waals surface area contributed by atoms with E-state index in [-0.39, 0.29) is 11.3 Å². The number of ether oxygens (including phenoxy) is 2. The highest BCUT2D eigenvalue weighted by atomic mass is 127. The van der Waals surface area contributed by atoms with Crippen LogP contribution in [-0.4, -0.2) is 19.0 Å². The standard InChI is InChI=1S/C19H14BrIN2O4/c1-11(24)27-18-16(20)7-12(8-17(18)26-2)6-13(10-22)19(25)23-15-5-3-4-14(21)9-15/h3-9H,1-2H3,(H,23,25). The smallest absolute Gasteiger partial charge is 0.308 e. The molecule has 0 saturated heterocycles. The topological polar surface area (TPSA) is 88.4 Å². The summed E-state index contributed by atoms with van der Waals surface area (Å²) in [6.07, 6.45) is 1.42. The minimum atomic E-state index is -0.529. The quantitative estimate of drug-likeness (QED) is 0.198. The van der Waals surface area contributed by atoms with E-state index in [4.69, 9.17) is 9.47 Å². The van der Waals surface area contributed by atoms with Crippen molar-refractivity contribution >= 4 is 62.2 Å². The number of rotatable bonds is 5. The molecule has 8 heteroatoms. The second-order valence-corrected chi connectivity index (χ2v) is 7.36. The van der Waals surface area contributed by atoms with Gasteiger partial charge in [-0.15, -0.1) is 0 Å². The van der Waals surface area contributed by atoms with Crippen molar-refractivity contribution in [3.8, 4) is 17.6 Å². The van der Waals surface area contributed by atoms with Gasteiger partial charge in [-0.05, 0) is 80.5 Å². The predicted molar refractivity (Wildman–Crippen MR) is 113 cm³/mol. The van der Waals surface area contributed by atoms with E-state index in [1.165, 1.54) is 20.1 Å². The average molecular weight is 541 g/mol. The lowest BCUT2D eigenvalue weighted by Gasteiger charge is -2.11. The molecule has 138 valence electrons. The lowest BCUT2D eigenvalue weighted by molar-refractivity contribution is -0.132. The number of carbonyl (C=O) groups is 2. The van der Waals surface area contributed by atoms with Gasteiger partial charge >= 0.3 is 5.97 Å². The summed E-state index contributed by atoms with van der Waals surface area (Å²) < 4.78 is 11.8. The molecular weight excluding hydrogens is 527 g/mol. The second kappa shape index (κ2) is 9.53. The molecule has 0 aliphatic rings. The van der Waals surface area contributed by atoms with Crippen molar-refractivity contribution in [1.82, 2.24) is 0 Å². The number of anilines is 1. The molecule has 0 spiro atoms. The van der Waals surface area contributed by atoms with Gasteiger partial charge in [-0.2, -0.15) is 5.26 Å². The van der Waals surface area contributed by atoms with Crippen molar-refractivity contribution in [2.45, 2.75) is 6.92 Å². The fourth-order valence-electron chi connectivity index (χ4n) is 2.15. The number of esters is 1. The Kier molecular flexibility index (Phi) is 7.38. The van der Waals surface area contributed by atoms with Crippen LogP contribution >= 0.6 is 38.5 Å². The van der Waals surface area contributed by atoms with Crippen LogP contribution in [0.2, 0.25) is 0 Å². The van der Waals surface area contributed by atoms with Gasteiger partial charge in [0.15, 0.2) is 11.5 Å². The SMILES string of the molecule is COc1cc(C=C(C#N)C(=O)Nc2cccc(I)c2)cc(Br)c1OC(C)=O. The number of nitrogens with zero attached hydrogens (tertiary/aromatic N) is 1. The Balaban J connectivity index is 2.34. The van der Waals surface area contributed by atoms with Crippen LogP contribution in [0.25, 0.3) is 6.08 Å². The Morgan fingerprint density at radius 2 is 2.04 bits per heavy atom. The second-order valence-electron chi connectivity index (χ2n) is 5.26. The normalized spacial score (nSPS) is 10.7. The number of nitrogens with one attached hydrogen (secondary N) is 1. The Hall–Kier alpha value is -2.38. The van der Waals surface area contributed by atoms with E-state index < -0.39 is 11.9 Å². The molecule has 0 aliphatic heterocycles. The van der Waals surface area contributed by atoms with E-state index in [9.17, 15) is 14.9 Å². The van der Waals surface area contributed by atoms with Crippen LogP contribution in [0.15, 0.2) is 46.4 Å². The van der Waals surface area contributed by atoms with Crippen LogP contribution in [0.3, 0.4) is 0 Å². The van der Waals surface area contributed by atoms with Crippen molar-refractivity contribution < 1.29 is 19.1 Å². The summed E-state index contributed by atoms with van der Waals surface area (Å²) >= 11 is 5.44. The van der Waals surface area contributed by atoms with Gasteiger partial charge in [0.25, 0.3) is 5.91 Å². The lowest BCUT2D eigenvalue weighted by atomic mass is 10.1. The molecule has 0 atom stereocenters. The Bertz CT molecular complexity index is 967. The molecule has 0 aliphatic carbocycles. The fraction of sp³-hybridized carbons (Fsp3) is 0.105. The van der Waals surface area contributed by atoms with Gasteiger partial charge in [0, 0.05) is 16.2 Å². The van der Waals surface area contributed by atoms with E-state index in [0.29, 0.717) is 21.5 Å². The van der Waals surface area contributed by atoms with Crippen LogP contribution in [0.1, 0.15) is 12.5 Å². The molecule has 1 amide bonds. The van der Waals surface area contributed by atoms with Crippen molar-refractivity contribution in [2.75, 3.05) is 12.4 Å². The summed E-state index contributed by atoms with van der Waals surface area (Å²) in [4.78, 5) is 23.6. The van der Waals surface area contributed by atoms with Crippen LogP contribution < -0.4 is 14.8 Å². The highest BCUT2D eigenvalue weighted by Crippen LogP contribution is 2.37. The highest BCUT2D eigenvalue weighted by molar-refractivity contribution is 14.1. The van der Waals surface area contributed by atoms with E-state index in [0.717, 1.165) is 3.57 Å². The van der Waals surface area contributed by atoms with Gasteiger partial charge in [-0.25, -0.2) is 0 Å². The van der Waals surface area contributed by atoms with E-state index >= 15 is 0 Å². The first-order valence-corrected chi connectivity index (χ1v) is 9.46. The number of methoxy groups -OCH3 is 1. The lowest BCUT2D eigenvalue weighted by Crippen LogP contribution is -2.13. The third kappa shape index (κ3) is 5.80. The van der Waals surface area contributed by atoms with Crippen LogP contribution in [-0.2, 0) is 9.59 Å². The third-order valence-electron chi connectivity index (χ3n) is 3.26. The Morgan fingerprint density at radius 3 is 2.63 bits per heavy atom. The molecule has 0 aromatic heterocycles. The molecule has 0 unspecified atom stereocenters. The maximum Gasteiger partial charge on any atom is 0.308 e. The first-order chi connectivity index (χ1) is 12.8. The number of halogens is 2. The first kappa shape index (κ1) is 20.9. The third-order valence-corrected chi connectivity index (χ3v) is 4.52. The summed E-state index contributed by atoms with van der Waals surface area (Å²) in [6.45, 7) is 1.28. The number of hydrogen-bond acceptors (Lipinski definition) is 5. The number of benzene rings is 2. The minimum Gasteiger partial charge on any atom is -0.493 e. The first-order valence-electron chi connectivity index (χ1n) is 7.58. The predicted octanol–water partition coefficient (Wildman–Crippen LogP) is 4.53. The zero-order valence-electron chi connectivity index (χ0n) is 14.4. The van der Waals surface area contributed by atoms with Crippen molar-refractivity contribution in [3.63, 3.8) is 0 Å². The molecule has 0 heterocycles. The molecule has 2 aromatic carbocycles. The van der Waals surface area contributed by atoms with Gasteiger partial charge in [-0.1, -0.05) is 6.07 Å². The van der Waals surface area contributed by atoms with E-state index in [2.05, 4.69) is 43.8 Å². The zero-order chi connectivity index (χ0) is 20.0. The Labute approximate surface area is 178 Å². The largest absolute Gasteiger partial charge is 0.493 e. The minimum absolute atomic E-state index is 0.0805. The van der Waals surface area contributed by atoms with Gasteiger partial charge in [0.2, 0.25) is 0 Å². The number of nitriles is 1. The molecule has 2 rings (SSSR count). The fourth-order valence-corrected chi connectivity index (χ4v) is 3.23. The summed E-state index contributed by atoms with van der Waals surface area (Å²) in [5.74, 6) is -0.504. The molecule has 0 fully saturated rings. The molecule has 27 heavy (non-hydrogen) atoms. The summed E-state index contributed by atoms with van der Waals surface area (Å²) in [5.41, 5.74) is 1.05. The molecule has 1 N–H and O–H groups in total. The van der Waals surface area contributed by atoms with Crippen molar-refractivity contribution in [1.29, 1.82) is 5.26 Å². The summed E-state index contributed by atoms with van der Waals surface area (Å²) in [6, 6.07) is 12.3. The number of amides is 1. The molecule has 0 saturated carbocycles. The Morgan fingerprint density at radius 1 is 1.30 bits per heavy atom. The zero-order valence-corrected chi connectivity index (χ0v) is 18.1. The maximum atomic E-state index is 12.4. The van der Waals surface area contributed by atoms with E-state index in [1.807, 2.05) is 18.2 Å². The molecule has 0 bridgehead atoms. The van der Waals surface area contributed by atoms with Crippen molar-refractivity contribution in [2.24, 2.45) is 0 Å². The van der Waals surface area contributed by atoms with Crippen LogP contribution in [0.5, 0.6) is 11.5 Å². The molecule has 0 radical (unpaired) electrons. The van der Waals surface area contributed by atoms with Gasteiger partial charge < -0.3 is 14.8 Å². The van der Waals surface area contributed by atoms with Crippen LogP contribution in [0, 0.1) is 14.9 Å². The summed E-state index contributed by atoms with van der Waals surface area (Å²) in [5, 5.41) is 12.1. The number of carbonyl (C=O) groups excluding carboxylic acids is 2. The van der Waals surface area contributed by atoms with Crippen LogP contribution in [0.4, 0.5) is 5.69 Å². The monoisotopic (exact) mass is 540 g/mol. The molecule has 6 nitrogen and oxygen atoms in total. The van der Waals surface area contributed by atoms with E-state index in [1.54, 1.807) is 24.3 Å². The van der Waals surface area contributed by atoms with Gasteiger partial charge in [0.1, 0.15) is 11.6 Å². The van der Waals surface area contributed by atoms with Gasteiger partial charge in [0.05, 0.1) is 11.6 Å². The average Bonchev–Trinajstić information content (AvgIpc) is 2.61. The van der Waals surface area contributed by atoms with Gasteiger partial charge in [-0.3, -0.25) is 9.59 Å². The maximum absolute atomic E-state index is 12.4. The molecular formula is C19H14BrIN2O4. The number of hydrogen-bond donors (Lipinski definition) is 1. The van der Waals surface area contributed by atoms with Crippen molar-refractivity contribution in [3.05, 3.63) is 55.6 Å². The summed E-state index contributed by atoms with van der Waals surface area (Å²) in [7, 11) is 1.43. The highest BCUT2D eigenvalue weighted by Gasteiger charge is 2.15.